The Morgan fingerprint density at radius 2 is 1.95 bits per heavy atom. The van der Waals surface area contributed by atoms with Gasteiger partial charge in [0.2, 0.25) is 0 Å². The second-order valence-corrected chi connectivity index (χ2v) is 4.11. The fourth-order valence-electron chi connectivity index (χ4n) is 1.89. The maximum absolute atomic E-state index is 12.3. The quantitative estimate of drug-likeness (QED) is 0.340. The lowest BCUT2D eigenvalue weighted by atomic mass is 9.84. The Labute approximate surface area is 111 Å². The lowest BCUT2D eigenvalue weighted by Gasteiger charge is -2.19. The number of rotatable bonds is 7. The molecule has 2 unspecified atom stereocenters. The van der Waals surface area contributed by atoms with Crippen LogP contribution >= 0.6 is 0 Å². The summed E-state index contributed by atoms with van der Waals surface area (Å²) >= 11 is 0. The van der Waals surface area contributed by atoms with E-state index in [2.05, 4.69) is 4.74 Å². The van der Waals surface area contributed by atoms with Crippen LogP contribution in [0.15, 0.2) is 30.3 Å². The highest BCUT2D eigenvalue weighted by molar-refractivity contribution is 6.10. The van der Waals surface area contributed by atoms with Crippen LogP contribution in [-0.4, -0.2) is 31.7 Å². The van der Waals surface area contributed by atoms with Crippen molar-refractivity contribution in [2.24, 2.45) is 17.6 Å². The molecular formula is C14H17NO4. The van der Waals surface area contributed by atoms with E-state index in [1.54, 1.807) is 30.3 Å². The summed E-state index contributed by atoms with van der Waals surface area (Å²) in [7, 11) is 1.19. The van der Waals surface area contributed by atoms with E-state index in [4.69, 9.17) is 5.73 Å². The number of Topliss-reactive ketones (excluding diaryl/α,β-unsaturated/α-hetero) is 1. The fourth-order valence-corrected chi connectivity index (χ4v) is 1.89. The van der Waals surface area contributed by atoms with Crippen LogP contribution in [0.5, 0.6) is 0 Å². The molecule has 0 aliphatic carbocycles. The number of esters is 1. The molecule has 1 aromatic carbocycles. The number of carbonyl (C=O) groups excluding carboxylic acids is 3. The molecule has 1 aromatic rings. The summed E-state index contributed by atoms with van der Waals surface area (Å²) in [5.41, 5.74) is 5.78. The molecule has 0 aromatic heterocycles. The number of nitrogens with two attached hydrogens (primary N) is 1. The summed E-state index contributed by atoms with van der Waals surface area (Å²) in [5, 5.41) is 0. The van der Waals surface area contributed by atoms with Gasteiger partial charge in [-0.1, -0.05) is 30.3 Å². The number of ketones is 1. The van der Waals surface area contributed by atoms with Crippen molar-refractivity contribution >= 4 is 18.0 Å². The van der Waals surface area contributed by atoms with Gasteiger partial charge in [-0.05, 0) is 13.0 Å². The molecule has 2 atom stereocenters. The fraction of sp³-hybridized carbons (Fsp3) is 0.357. The van der Waals surface area contributed by atoms with Crippen LogP contribution in [0.4, 0.5) is 0 Å². The molecular weight excluding hydrogens is 246 g/mol. The van der Waals surface area contributed by atoms with E-state index in [9.17, 15) is 14.4 Å². The monoisotopic (exact) mass is 263 g/mol. The van der Waals surface area contributed by atoms with Gasteiger partial charge < -0.3 is 15.3 Å². The van der Waals surface area contributed by atoms with Gasteiger partial charge in [0.25, 0.3) is 0 Å². The molecule has 0 aliphatic rings. The molecule has 5 heteroatoms. The summed E-state index contributed by atoms with van der Waals surface area (Å²) < 4.78 is 4.62. The number of aldehydes is 1. The minimum Gasteiger partial charge on any atom is -0.468 e. The predicted octanol–water partition coefficient (Wildman–Crippen LogP) is 0.822. The summed E-state index contributed by atoms with van der Waals surface area (Å²) in [5.74, 6) is -3.02. The molecule has 2 N–H and O–H groups in total. The Balaban J connectivity index is 3.06. The number of hydrogen-bond acceptors (Lipinski definition) is 5. The summed E-state index contributed by atoms with van der Waals surface area (Å²) in [6.07, 6.45) is 0.858. The van der Waals surface area contributed by atoms with Crippen LogP contribution in [0.25, 0.3) is 0 Å². The van der Waals surface area contributed by atoms with Crippen molar-refractivity contribution < 1.29 is 19.1 Å². The molecule has 0 aliphatic heterocycles. The minimum absolute atomic E-state index is 0.221. The van der Waals surface area contributed by atoms with Gasteiger partial charge in [-0.2, -0.15) is 0 Å². The molecule has 0 amide bonds. The molecule has 5 nitrogen and oxygen atoms in total. The van der Waals surface area contributed by atoms with Gasteiger partial charge >= 0.3 is 5.97 Å². The Morgan fingerprint density at radius 1 is 1.32 bits per heavy atom. The molecule has 0 bridgehead atoms. The zero-order chi connectivity index (χ0) is 14.3. The summed E-state index contributed by atoms with van der Waals surface area (Å²) in [6.45, 7) is 0.221. The first kappa shape index (κ1) is 15.0. The van der Waals surface area contributed by atoms with Crippen molar-refractivity contribution in [2.45, 2.75) is 6.42 Å². The molecule has 102 valence electrons. The topological polar surface area (TPSA) is 86.5 Å². The average Bonchev–Trinajstić information content (AvgIpc) is 2.46. The number of methoxy groups -OCH3 is 1. The molecule has 1 rings (SSSR count). The Kier molecular flexibility index (Phi) is 5.89. The maximum Gasteiger partial charge on any atom is 0.317 e. The first-order chi connectivity index (χ1) is 9.15. The second-order valence-electron chi connectivity index (χ2n) is 4.11. The van der Waals surface area contributed by atoms with E-state index in [-0.39, 0.29) is 13.0 Å². The molecule has 0 saturated carbocycles. The molecule has 0 spiro atoms. The molecule has 0 saturated heterocycles. The van der Waals surface area contributed by atoms with E-state index >= 15 is 0 Å². The number of benzene rings is 1. The molecule has 0 heterocycles. The Hall–Kier alpha value is -2.01. The first-order valence-electron chi connectivity index (χ1n) is 5.98. The smallest absolute Gasteiger partial charge is 0.317 e. The molecule has 0 fully saturated rings. The molecule has 0 radical (unpaired) electrons. The van der Waals surface area contributed by atoms with Gasteiger partial charge in [-0.3, -0.25) is 9.59 Å². The predicted molar refractivity (Wildman–Crippen MR) is 69.5 cm³/mol. The third-order valence-electron chi connectivity index (χ3n) is 2.90. The number of ether oxygens (including phenoxy) is 1. The van der Waals surface area contributed by atoms with Crippen LogP contribution in [0.1, 0.15) is 16.8 Å². The van der Waals surface area contributed by atoms with Crippen molar-refractivity contribution in [2.75, 3.05) is 13.7 Å². The highest BCUT2D eigenvalue weighted by Crippen LogP contribution is 2.20. The van der Waals surface area contributed by atoms with Crippen molar-refractivity contribution in [1.29, 1.82) is 0 Å². The largest absolute Gasteiger partial charge is 0.468 e. The minimum atomic E-state index is -1.13. The van der Waals surface area contributed by atoms with Gasteiger partial charge in [-0.15, -0.1) is 0 Å². The van der Waals surface area contributed by atoms with Gasteiger partial charge in [0.1, 0.15) is 12.2 Å². The van der Waals surface area contributed by atoms with Gasteiger partial charge in [0.05, 0.1) is 7.11 Å². The highest BCUT2D eigenvalue weighted by Gasteiger charge is 2.35. The van der Waals surface area contributed by atoms with Crippen molar-refractivity contribution in [3.8, 4) is 0 Å². The van der Waals surface area contributed by atoms with Crippen LogP contribution in [-0.2, 0) is 14.3 Å². The lowest BCUT2D eigenvalue weighted by Crippen LogP contribution is -2.34. The lowest BCUT2D eigenvalue weighted by molar-refractivity contribution is -0.146. The average molecular weight is 263 g/mol. The van der Waals surface area contributed by atoms with Crippen molar-refractivity contribution in [3.63, 3.8) is 0 Å². The number of hydrogen-bond donors (Lipinski definition) is 1. The second kappa shape index (κ2) is 7.43. The molecule has 19 heavy (non-hydrogen) atoms. The van der Waals surface area contributed by atoms with E-state index in [1.165, 1.54) is 7.11 Å². The van der Waals surface area contributed by atoms with E-state index in [0.29, 0.717) is 11.8 Å². The zero-order valence-corrected chi connectivity index (χ0v) is 10.7. The zero-order valence-electron chi connectivity index (χ0n) is 10.7. The maximum atomic E-state index is 12.3. The van der Waals surface area contributed by atoms with Crippen molar-refractivity contribution in [3.05, 3.63) is 35.9 Å². The van der Waals surface area contributed by atoms with Gasteiger partial charge in [0.15, 0.2) is 5.78 Å². The Morgan fingerprint density at radius 3 is 2.42 bits per heavy atom. The number of carbonyl (C=O) groups is 3. The van der Waals surface area contributed by atoms with Gasteiger partial charge in [-0.25, -0.2) is 0 Å². The highest BCUT2D eigenvalue weighted by atomic mass is 16.5. The SMILES string of the molecule is COC(=O)C(C(=O)c1ccccc1)C(C=O)CCN. The standard InChI is InChI=1S/C14H17NO4/c1-19-14(18)12(11(9-16)7-8-15)13(17)10-5-3-2-4-6-10/h2-6,9,11-12H,7-8,15H2,1H3. The van der Waals surface area contributed by atoms with Crippen molar-refractivity contribution in [1.82, 2.24) is 0 Å². The van der Waals surface area contributed by atoms with Gasteiger partial charge in [0, 0.05) is 11.5 Å². The van der Waals surface area contributed by atoms with Crippen LogP contribution in [0, 0.1) is 11.8 Å². The van der Waals surface area contributed by atoms with E-state index < -0.39 is 23.6 Å². The van der Waals surface area contributed by atoms with E-state index in [1.807, 2.05) is 0 Å². The summed E-state index contributed by atoms with van der Waals surface area (Å²) in [6, 6.07) is 8.35. The van der Waals surface area contributed by atoms with Crippen LogP contribution in [0.3, 0.4) is 0 Å². The third-order valence-corrected chi connectivity index (χ3v) is 2.90. The van der Waals surface area contributed by atoms with Crippen LogP contribution < -0.4 is 5.73 Å². The van der Waals surface area contributed by atoms with Crippen LogP contribution in [0.2, 0.25) is 0 Å². The van der Waals surface area contributed by atoms with E-state index in [0.717, 1.165) is 0 Å². The Bertz CT molecular complexity index is 444. The third kappa shape index (κ3) is 3.72. The first-order valence-corrected chi connectivity index (χ1v) is 5.98. The summed E-state index contributed by atoms with van der Waals surface area (Å²) in [4.78, 5) is 35.2. The normalized spacial score (nSPS) is 13.4.